The van der Waals surface area contributed by atoms with E-state index in [0.717, 1.165) is 5.75 Å². The highest BCUT2D eigenvalue weighted by molar-refractivity contribution is 7.99. The van der Waals surface area contributed by atoms with E-state index in [2.05, 4.69) is 48.5 Å². The topological polar surface area (TPSA) is 20.3 Å². The molecule has 1 heterocycles. The minimum atomic E-state index is 0.184. The van der Waals surface area contributed by atoms with Crippen LogP contribution in [0.5, 0.6) is 0 Å². The van der Waals surface area contributed by atoms with Gasteiger partial charge in [0.25, 0.3) is 0 Å². The molecule has 0 saturated heterocycles. The molecule has 0 bridgehead atoms. The second kappa shape index (κ2) is 7.66. The van der Waals surface area contributed by atoms with Crippen molar-refractivity contribution in [2.24, 2.45) is 0 Å². The van der Waals surface area contributed by atoms with Crippen LogP contribution < -0.4 is 0 Å². The lowest BCUT2D eigenvalue weighted by atomic mass is 10.1. The lowest BCUT2D eigenvalue weighted by Gasteiger charge is -2.16. The van der Waals surface area contributed by atoms with E-state index < -0.39 is 0 Å². The largest absolute Gasteiger partial charge is 0.340 e. The second-order valence-electron chi connectivity index (χ2n) is 5.46. The molecule has 3 aromatic rings. The van der Waals surface area contributed by atoms with Gasteiger partial charge in [0.05, 0.1) is 12.3 Å². The van der Waals surface area contributed by atoms with Crippen molar-refractivity contribution in [2.45, 2.75) is 12.3 Å². The molecule has 1 aromatic heterocycles. The first kappa shape index (κ1) is 16.1. The number of fused-ring (bicyclic) bond motifs is 1. The highest BCUT2D eigenvalue weighted by atomic mass is 32.2. The Balaban J connectivity index is 1.55. The zero-order chi connectivity index (χ0) is 16.1. The first-order valence-corrected chi connectivity index (χ1v) is 9.58. The third-order valence-corrected chi connectivity index (χ3v) is 5.59. The first-order chi connectivity index (χ1) is 11.2. The number of hydrogen-bond donors (Lipinski definition) is 0. The fraction of sp³-hybridized carbons (Fsp3) is 0.211. The molecule has 2 aromatic carbocycles. The second-order valence-corrected chi connectivity index (χ2v) is 7.48. The molecule has 0 aliphatic carbocycles. The zero-order valence-corrected chi connectivity index (χ0v) is 14.7. The summed E-state index contributed by atoms with van der Waals surface area (Å²) in [6.45, 7) is 0.700. The maximum absolute atomic E-state index is 12.2. The summed E-state index contributed by atoms with van der Waals surface area (Å²) in [4.78, 5) is 15.3. The number of rotatable bonds is 6. The summed E-state index contributed by atoms with van der Waals surface area (Å²) in [6.07, 6.45) is 0. The van der Waals surface area contributed by atoms with Crippen molar-refractivity contribution in [1.82, 2.24) is 4.90 Å². The Morgan fingerprint density at radius 1 is 1.09 bits per heavy atom. The number of hydrogen-bond acceptors (Lipinski definition) is 3. The van der Waals surface area contributed by atoms with E-state index in [1.807, 2.05) is 23.4 Å². The summed E-state index contributed by atoms with van der Waals surface area (Å²) in [5, 5.41) is 4.58. The first-order valence-electron chi connectivity index (χ1n) is 7.55. The van der Waals surface area contributed by atoms with Gasteiger partial charge in [0.1, 0.15) is 0 Å². The van der Waals surface area contributed by atoms with Gasteiger partial charge < -0.3 is 4.90 Å². The van der Waals surface area contributed by atoms with E-state index in [1.165, 1.54) is 21.2 Å². The van der Waals surface area contributed by atoms with Crippen molar-refractivity contribution in [1.29, 1.82) is 0 Å². The molecular weight excluding hydrogens is 322 g/mol. The van der Waals surface area contributed by atoms with Gasteiger partial charge in [-0.1, -0.05) is 48.5 Å². The molecule has 4 heteroatoms. The Labute approximate surface area is 145 Å². The average Bonchev–Trinajstić information content (AvgIpc) is 3.08. The number of amides is 1. The van der Waals surface area contributed by atoms with Crippen LogP contribution in [0.25, 0.3) is 10.8 Å². The van der Waals surface area contributed by atoms with Crippen molar-refractivity contribution in [3.8, 4) is 0 Å². The predicted octanol–water partition coefficient (Wildman–Crippen LogP) is 4.79. The molecule has 0 radical (unpaired) electrons. The Kier molecular flexibility index (Phi) is 5.36. The average molecular weight is 342 g/mol. The van der Waals surface area contributed by atoms with Crippen LogP contribution in [-0.4, -0.2) is 23.6 Å². The van der Waals surface area contributed by atoms with Crippen LogP contribution in [0.1, 0.15) is 10.4 Å². The van der Waals surface area contributed by atoms with Crippen LogP contribution in [0.4, 0.5) is 0 Å². The highest BCUT2D eigenvalue weighted by Gasteiger charge is 2.10. The molecule has 0 N–H and O–H groups in total. The van der Waals surface area contributed by atoms with E-state index in [0.29, 0.717) is 12.3 Å². The van der Waals surface area contributed by atoms with Crippen LogP contribution in [-0.2, 0) is 17.1 Å². The third-order valence-electron chi connectivity index (χ3n) is 3.76. The number of thioether (sulfide) groups is 1. The zero-order valence-electron chi connectivity index (χ0n) is 13.1. The van der Waals surface area contributed by atoms with Crippen LogP contribution in [0.3, 0.4) is 0 Å². The van der Waals surface area contributed by atoms with Crippen molar-refractivity contribution in [2.75, 3.05) is 12.8 Å². The van der Waals surface area contributed by atoms with Gasteiger partial charge in [-0.05, 0) is 27.8 Å². The lowest BCUT2D eigenvalue weighted by molar-refractivity contribution is -0.127. The molecule has 1 amide bonds. The van der Waals surface area contributed by atoms with E-state index in [-0.39, 0.29) is 5.91 Å². The standard InChI is InChI=1S/C19H19NOS2/c1-20(12-17-9-5-11-23-17)19(21)14-22-13-16-8-4-7-15-6-2-3-10-18(15)16/h2-11H,12-14H2,1H3. The molecule has 3 rings (SSSR count). The predicted molar refractivity (Wildman–Crippen MR) is 101 cm³/mol. The van der Waals surface area contributed by atoms with Crippen LogP contribution in [0.15, 0.2) is 60.0 Å². The highest BCUT2D eigenvalue weighted by Crippen LogP contribution is 2.23. The Morgan fingerprint density at radius 2 is 1.91 bits per heavy atom. The number of thiophene rings is 1. The molecule has 0 aliphatic rings. The summed E-state index contributed by atoms with van der Waals surface area (Å²) in [5.74, 6) is 1.56. The quantitative estimate of drug-likeness (QED) is 0.642. The van der Waals surface area contributed by atoms with Gasteiger partial charge in [-0.3, -0.25) is 4.79 Å². The number of nitrogens with zero attached hydrogens (tertiary/aromatic N) is 1. The van der Waals surface area contributed by atoms with E-state index in [9.17, 15) is 4.79 Å². The van der Waals surface area contributed by atoms with Gasteiger partial charge in [-0.25, -0.2) is 0 Å². The van der Waals surface area contributed by atoms with Gasteiger partial charge in [-0.15, -0.1) is 23.1 Å². The van der Waals surface area contributed by atoms with Gasteiger partial charge in [0.15, 0.2) is 0 Å². The third kappa shape index (κ3) is 4.15. The molecule has 0 aliphatic heterocycles. The van der Waals surface area contributed by atoms with E-state index in [1.54, 1.807) is 23.1 Å². The van der Waals surface area contributed by atoms with Crippen LogP contribution in [0, 0.1) is 0 Å². The van der Waals surface area contributed by atoms with E-state index in [4.69, 9.17) is 0 Å². The number of carbonyl (C=O) groups excluding carboxylic acids is 1. The number of carbonyl (C=O) groups is 1. The van der Waals surface area contributed by atoms with Crippen molar-refractivity contribution >= 4 is 39.8 Å². The Bertz CT molecular complexity index is 778. The van der Waals surface area contributed by atoms with Gasteiger partial charge in [0, 0.05) is 17.7 Å². The lowest BCUT2D eigenvalue weighted by Crippen LogP contribution is -2.27. The minimum Gasteiger partial charge on any atom is -0.340 e. The molecule has 0 fully saturated rings. The fourth-order valence-corrected chi connectivity index (χ4v) is 4.23. The van der Waals surface area contributed by atoms with Gasteiger partial charge in [-0.2, -0.15) is 0 Å². The van der Waals surface area contributed by atoms with Crippen molar-refractivity contribution < 1.29 is 4.79 Å². The maximum Gasteiger partial charge on any atom is 0.232 e. The molecule has 23 heavy (non-hydrogen) atoms. The van der Waals surface area contributed by atoms with E-state index >= 15 is 0 Å². The fourth-order valence-electron chi connectivity index (χ4n) is 2.50. The maximum atomic E-state index is 12.2. The smallest absolute Gasteiger partial charge is 0.232 e. The summed E-state index contributed by atoms with van der Waals surface area (Å²) in [5.41, 5.74) is 1.29. The molecular formula is C19H19NOS2. The normalized spacial score (nSPS) is 10.8. The Morgan fingerprint density at radius 3 is 2.74 bits per heavy atom. The molecule has 0 atom stereocenters. The van der Waals surface area contributed by atoms with Crippen molar-refractivity contribution in [3.05, 3.63) is 70.4 Å². The molecule has 0 spiro atoms. The van der Waals surface area contributed by atoms with Crippen LogP contribution >= 0.6 is 23.1 Å². The summed E-state index contributed by atoms with van der Waals surface area (Å²) in [6, 6.07) is 18.9. The minimum absolute atomic E-state index is 0.184. The molecule has 118 valence electrons. The Hall–Kier alpha value is -1.78. The SMILES string of the molecule is CN(Cc1cccs1)C(=O)CSCc1cccc2ccccc12. The molecule has 0 unspecified atom stereocenters. The number of benzene rings is 2. The monoisotopic (exact) mass is 341 g/mol. The summed E-state index contributed by atoms with van der Waals surface area (Å²) >= 11 is 3.37. The van der Waals surface area contributed by atoms with Crippen LogP contribution in [0.2, 0.25) is 0 Å². The van der Waals surface area contributed by atoms with Crippen molar-refractivity contribution in [3.63, 3.8) is 0 Å². The van der Waals surface area contributed by atoms with Gasteiger partial charge in [0.2, 0.25) is 5.91 Å². The summed E-state index contributed by atoms with van der Waals surface area (Å²) < 4.78 is 0. The molecule has 0 saturated carbocycles. The van der Waals surface area contributed by atoms with Gasteiger partial charge >= 0.3 is 0 Å². The summed E-state index contributed by atoms with van der Waals surface area (Å²) in [7, 11) is 1.88. The molecule has 2 nitrogen and oxygen atoms in total.